The third-order valence-corrected chi connectivity index (χ3v) is 5.18. The van der Waals surface area contributed by atoms with Crippen LogP contribution in [-0.2, 0) is 22.6 Å². The number of nitrogens with zero attached hydrogens (tertiary/aromatic N) is 1. The number of carbonyl (C=O) groups excluding carboxylic acids is 2. The Bertz CT molecular complexity index is 777. The second-order valence-electron chi connectivity index (χ2n) is 6.31. The van der Waals surface area contributed by atoms with Crippen LogP contribution in [0.3, 0.4) is 0 Å². The number of aryl methyl sites for hydroxylation is 1. The van der Waals surface area contributed by atoms with Crippen molar-refractivity contribution in [1.29, 1.82) is 0 Å². The van der Waals surface area contributed by atoms with Crippen molar-refractivity contribution in [2.75, 3.05) is 24.5 Å². The molecule has 1 aliphatic heterocycles. The van der Waals surface area contributed by atoms with Gasteiger partial charge in [-0.15, -0.1) is 0 Å². The van der Waals surface area contributed by atoms with Gasteiger partial charge in [0.05, 0.1) is 6.54 Å². The monoisotopic (exact) mass is 415 g/mol. The van der Waals surface area contributed by atoms with E-state index >= 15 is 0 Å². The first-order chi connectivity index (χ1) is 12.6. The Labute approximate surface area is 161 Å². The standard InChI is InChI=1S/C20H22BrN3O2/c21-18-4-2-1-3-16(18)7-10-19(25)23-13-15-5-8-17(9-6-15)24-12-11-22-20(26)14-24/h1-6,8-9H,7,10-14H2,(H,22,26)(H,23,25). The summed E-state index contributed by atoms with van der Waals surface area (Å²) >= 11 is 3.50. The van der Waals surface area contributed by atoms with E-state index in [-0.39, 0.29) is 11.8 Å². The van der Waals surface area contributed by atoms with Gasteiger partial charge in [-0.25, -0.2) is 0 Å². The number of nitrogens with one attached hydrogen (secondary N) is 2. The Morgan fingerprint density at radius 1 is 1.15 bits per heavy atom. The fourth-order valence-electron chi connectivity index (χ4n) is 2.92. The number of piperazine rings is 1. The van der Waals surface area contributed by atoms with Gasteiger partial charge in [-0.2, -0.15) is 0 Å². The van der Waals surface area contributed by atoms with Crippen LogP contribution in [-0.4, -0.2) is 31.4 Å². The lowest BCUT2D eigenvalue weighted by Crippen LogP contribution is -2.47. The number of rotatable bonds is 6. The number of amides is 2. The van der Waals surface area contributed by atoms with Gasteiger partial charge >= 0.3 is 0 Å². The summed E-state index contributed by atoms with van der Waals surface area (Å²) in [7, 11) is 0. The number of carbonyl (C=O) groups is 2. The minimum atomic E-state index is 0.0394. The third-order valence-electron chi connectivity index (χ3n) is 4.41. The molecule has 26 heavy (non-hydrogen) atoms. The molecule has 6 heteroatoms. The van der Waals surface area contributed by atoms with Crippen LogP contribution in [0, 0.1) is 0 Å². The van der Waals surface area contributed by atoms with Crippen molar-refractivity contribution in [3.63, 3.8) is 0 Å². The summed E-state index contributed by atoms with van der Waals surface area (Å²) in [6, 6.07) is 15.9. The number of hydrogen-bond acceptors (Lipinski definition) is 3. The van der Waals surface area contributed by atoms with Gasteiger partial charge < -0.3 is 15.5 Å². The van der Waals surface area contributed by atoms with Gasteiger partial charge in [-0.3, -0.25) is 9.59 Å². The summed E-state index contributed by atoms with van der Waals surface area (Å²) in [5.74, 6) is 0.0928. The first-order valence-corrected chi connectivity index (χ1v) is 9.52. The lowest BCUT2D eigenvalue weighted by atomic mass is 10.1. The van der Waals surface area contributed by atoms with Crippen molar-refractivity contribution in [3.8, 4) is 0 Å². The molecule has 0 atom stereocenters. The van der Waals surface area contributed by atoms with Gasteiger partial charge in [0.1, 0.15) is 0 Å². The predicted octanol–water partition coefficient (Wildman–Crippen LogP) is 2.63. The first kappa shape index (κ1) is 18.5. The van der Waals surface area contributed by atoms with Gasteiger partial charge in [-0.1, -0.05) is 46.3 Å². The molecule has 1 saturated heterocycles. The molecular formula is C20H22BrN3O2. The predicted molar refractivity (Wildman–Crippen MR) is 106 cm³/mol. The van der Waals surface area contributed by atoms with E-state index in [0.717, 1.165) is 27.8 Å². The van der Waals surface area contributed by atoms with Crippen molar-refractivity contribution in [2.24, 2.45) is 0 Å². The quantitative estimate of drug-likeness (QED) is 0.761. The largest absolute Gasteiger partial charge is 0.360 e. The highest BCUT2D eigenvalue weighted by molar-refractivity contribution is 9.10. The summed E-state index contributed by atoms with van der Waals surface area (Å²) < 4.78 is 1.04. The van der Waals surface area contributed by atoms with Crippen LogP contribution in [0.4, 0.5) is 5.69 Å². The molecule has 1 heterocycles. The van der Waals surface area contributed by atoms with Gasteiger partial charge in [0, 0.05) is 36.2 Å². The third kappa shape index (κ3) is 5.08. The van der Waals surface area contributed by atoms with Crippen LogP contribution in [0.15, 0.2) is 53.0 Å². The first-order valence-electron chi connectivity index (χ1n) is 8.72. The van der Waals surface area contributed by atoms with E-state index in [1.807, 2.05) is 48.5 Å². The minimum absolute atomic E-state index is 0.0394. The van der Waals surface area contributed by atoms with Crippen LogP contribution in [0.2, 0.25) is 0 Å². The summed E-state index contributed by atoms with van der Waals surface area (Å²) in [6.07, 6.45) is 1.17. The Morgan fingerprint density at radius 3 is 2.65 bits per heavy atom. The Hall–Kier alpha value is -2.34. The van der Waals surface area contributed by atoms with Crippen LogP contribution >= 0.6 is 15.9 Å². The van der Waals surface area contributed by atoms with Crippen molar-refractivity contribution in [2.45, 2.75) is 19.4 Å². The summed E-state index contributed by atoms with van der Waals surface area (Å²) in [5, 5.41) is 5.78. The molecule has 2 aromatic carbocycles. The molecule has 0 aliphatic carbocycles. The Balaban J connectivity index is 1.46. The van der Waals surface area contributed by atoms with E-state index in [0.29, 0.717) is 32.5 Å². The second-order valence-corrected chi connectivity index (χ2v) is 7.16. The smallest absolute Gasteiger partial charge is 0.239 e. The van der Waals surface area contributed by atoms with E-state index in [4.69, 9.17) is 0 Å². The van der Waals surface area contributed by atoms with Gasteiger partial charge in [0.15, 0.2) is 0 Å². The molecule has 0 radical (unpaired) electrons. The Kier molecular flexibility index (Phi) is 6.28. The van der Waals surface area contributed by atoms with E-state index in [9.17, 15) is 9.59 Å². The maximum absolute atomic E-state index is 12.1. The van der Waals surface area contributed by atoms with E-state index in [1.165, 1.54) is 0 Å². The zero-order chi connectivity index (χ0) is 18.4. The van der Waals surface area contributed by atoms with Gasteiger partial charge in [0.2, 0.25) is 11.8 Å². The molecule has 136 valence electrons. The van der Waals surface area contributed by atoms with Gasteiger partial charge in [-0.05, 0) is 35.7 Å². The molecule has 5 nitrogen and oxygen atoms in total. The van der Waals surface area contributed by atoms with E-state index in [2.05, 4.69) is 31.5 Å². The lowest BCUT2D eigenvalue weighted by Gasteiger charge is -2.28. The molecule has 0 spiro atoms. The molecule has 0 aromatic heterocycles. The molecule has 2 N–H and O–H groups in total. The maximum Gasteiger partial charge on any atom is 0.239 e. The van der Waals surface area contributed by atoms with Crippen molar-refractivity contribution in [1.82, 2.24) is 10.6 Å². The van der Waals surface area contributed by atoms with Crippen LogP contribution in [0.5, 0.6) is 0 Å². The fourth-order valence-corrected chi connectivity index (χ4v) is 3.40. The molecule has 0 bridgehead atoms. The fraction of sp³-hybridized carbons (Fsp3) is 0.300. The number of benzene rings is 2. The molecule has 0 saturated carbocycles. The molecular weight excluding hydrogens is 394 g/mol. The van der Waals surface area contributed by atoms with Crippen molar-refractivity contribution >= 4 is 33.4 Å². The zero-order valence-electron chi connectivity index (χ0n) is 14.5. The summed E-state index contributed by atoms with van der Waals surface area (Å²) in [4.78, 5) is 25.6. The zero-order valence-corrected chi connectivity index (χ0v) is 16.1. The van der Waals surface area contributed by atoms with Crippen LogP contribution in [0.25, 0.3) is 0 Å². The average molecular weight is 416 g/mol. The lowest BCUT2D eigenvalue weighted by molar-refractivity contribution is -0.121. The van der Waals surface area contributed by atoms with E-state index in [1.54, 1.807) is 0 Å². The molecule has 3 rings (SSSR count). The SMILES string of the molecule is O=C(CCc1ccccc1Br)NCc1ccc(N2CCNC(=O)C2)cc1. The number of anilines is 1. The highest BCUT2D eigenvalue weighted by atomic mass is 79.9. The maximum atomic E-state index is 12.1. The van der Waals surface area contributed by atoms with Crippen molar-refractivity contribution < 1.29 is 9.59 Å². The molecule has 1 fully saturated rings. The number of halogens is 1. The molecule has 2 aromatic rings. The number of hydrogen-bond donors (Lipinski definition) is 2. The van der Waals surface area contributed by atoms with Crippen molar-refractivity contribution in [3.05, 3.63) is 64.1 Å². The van der Waals surface area contributed by atoms with Crippen LogP contribution < -0.4 is 15.5 Å². The second kappa shape index (κ2) is 8.85. The molecule has 2 amide bonds. The van der Waals surface area contributed by atoms with E-state index < -0.39 is 0 Å². The topological polar surface area (TPSA) is 61.4 Å². The highest BCUT2D eigenvalue weighted by Crippen LogP contribution is 2.18. The van der Waals surface area contributed by atoms with Gasteiger partial charge in [0.25, 0.3) is 0 Å². The average Bonchev–Trinajstić information content (AvgIpc) is 2.66. The molecule has 1 aliphatic rings. The molecule has 0 unspecified atom stereocenters. The Morgan fingerprint density at radius 2 is 1.92 bits per heavy atom. The minimum Gasteiger partial charge on any atom is -0.360 e. The highest BCUT2D eigenvalue weighted by Gasteiger charge is 2.16. The summed E-state index contributed by atoms with van der Waals surface area (Å²) in [5.41, 5.74) is 3.21. The normalized spacial score (nSPS) is 14.0. The van der Waals surface area contributed by atoms with Crippen LogP contribution in [0.1, 0.15) is 17.5 Å². The summed E-state index contributed by atoms with van der Waals surface area (Å²) in [6.45, 7) is 2.39.